The zero-order chi connectivity index (χ0) is 35.9. The molecule has 11 nitrogen and oxygen atoms in total. The average Bonchev–Trinajstić information content (AvgIpc) is 3.41. The summed E-state index contributed by atoms with van der Waals surface area (Å²) in [5.41, 5.74) is 1.92. The van der Waals surface area contributed by atoms with E-state index in [1.54, 1.807) is 54.6 Å². The van der Waals surface area contributed by atoms with Crippen molar-refractivity contribution in [1.82, 2.24) is 9.88 Å². The molecule has 4 rings (SSSR count). The number of hydrogen-bond donors (Lipinski definition) is 4. The van der Waals surface area contributed by atoms with Gasteiger partial charge in [0.25, 0.3) is 10.0 Å². The minimum absolute atomic E-state index is 0.158. The Balaban J connectivity index is 0.000000804. The van der Waals surface area contributed by atoms with Gasteiger partial charge in [0.1, 0.15) is 5.75 Å². The molecule has 0 saturated carbocycles. The molecular weight excluding hydrogens is 675 g/mol. The summed E-state index contributed by atoms with van der Waals surface area (Å²) >= 11 is 0. The van der Waals surface area contributed by atoms with Crippen molar-refractivity contribution in [2.24, 2.45) is 0 Å². The number of nitrogens with one attached hydrogen (secondary N) is 2. The van der Waals surface area contributed by atoms with Gasteiger partial charge in [0.2, 0.25) is 0 Å². The molecular formula is C32H36F3N3O8S2. The summed E-state index contributed by atoms with van der Waals surface area (Å²) in [4.78, 5) is 21.3. The highest BCUT2D eigenvalue weighted by atomic mass is 32.2. The lowest BCUT2D eigenvalue weighted by molar-refractivity contribution is -0.192. The van der Waals surface area contributed by atoms with Crippen LogP contribution in [0.3, 0.4) is 0 Å². The van der Waals surface area contributed by atoms with Crippen LogP contribution in [0.25, 0.3) is 10.9 Å². The third-order valence-corrected chi connectivity index (χ3v) is 9.24. The molecule has 260 valence electrons. The molecule has 0 unspecified atom stereocenters. The molecule has 0 saturated heterocycles. The number of alkyl halides is 3. The van der Waals surface area contributed by atoms with Gasteiger partial charge in [0.15, 0.2) is 15.6 Å². The van der Waals surface area contributed by atoms with E-state index < -0.39 is 49.6 Å². The Morgan fingerprint density at radius 3 is 2.17 bits per heavy atom. The fourth-order valence-corrected chi connectivity index (χ4v) is 6.21. The van der Waals surface area contributed by atoms with Gasteiger partial charge in [-0.25, -0.2) is 21.6 Å². The van der Waals surface area contributed by atoms with Crippen LogP contribution in [0, 0.1) is 0 Å². The first-order chi connectivity index (χ1) is 22.2. The molecule has 0 radical (unpaired) electrons. The van der Waals surface area contributed by atoms with Crippen LogP contribution in [-0.2, 0) is 31.2 Å². The van der Waals surface area contributed by atoms with Crippen molar-refractivity contribution in [2.45, 2.75) is 49.5 Å². The van der Waals surface area contributed by atoms with Gasteiger partial charge in [-0.1, -0.05) is 30.3 Å². The quantitative estimate of drug-likeness (QED) is 0.142. The number of carboxylic acid groups (broad SMARTS) is 1. The lowest BCUT2D eigenvalue weighted by Gasteiger charge is -2.28. The van der Waals surface area contributed by atoms with Gasteiger partial charge in [-0.3, -0.25) is 9.52 Å². The third-order valence-electron chi connectivity index (χ3n) is 7.06. The number of aliphatic hydroxyl groups excluding tert-OH is 1. The van der Waals surface area contributed by atoms with E-state index in [1.807, 2.05) is 32.2 Å². The number of sulfone groups is 1. The second-order valence-corrected chi connectivity index (χ2v) is 15.5. The molecule has 0 fully saturated rings. The number of carboxylic acids is 1. The first-order valence-electron chi connectivity index (χ1n) is 14.4. The normalized spacial score (nSPS) is 13.0. The predicted molar refractivity (Wildman–Crippen MR) is 175 cm³/mol. The van der Waals surface area contributed by atoms with Gasteiger partial charge in [0.05, 0.1) is 11.0 Å². The van der Waals surface area contributed by atoms with Crippen molar-refractivity contribution in [3.8, 4) is 0 Å². The molecule has 0 amide bonds. The number of sulfonamides is 1. The summed E-state index contributed by atoms with van der Waals surface area (Å²) in [7, 11) is -7.14. The lowest BCUT2D eigenvalue weighted by atomic mass is 9.99. The molecule has 0 aliphatic heterocycles. The van der Waals surface area contributed by atoms with Crippen molar-refractivity contribution in [2.75, 3.05) is 23.3 Å². The first-order valence-corrected chi connectivity index (χ1v) is 17.9. The molecule has 48 heavy (non-hydrogen) atoms. The Labute approximate surface area is 276 Å². The van der Waals surface area contributed by atoms with Crippen LogP contribution in [0.1, 0.15) is 42.3 Å². The molecule has 16 heteroatoms. The summed E-state index contributed by atoms with van der Waals surface area (Å²) in [6.07, 6.45) is -2.23. The number of hydrogen-bond acceptors (Lipinski definition) is 8. The smallest absolute Gasteiger partial charge is 0.475 e. The number of β-amino-alcohol motifs (C(OH)–C–C–N with tert-alkyl or cyclic N) is 1. The van der Waals surface area contributed by atoms with Crippen LogP contribution in [0.2, 0.25) is 0 Å². The molecule has 3 aromatic carbocycles. The number of aryl methyl sites for hydroxylation is 1. The van der Waals surface area contributed by atoms with Crippen molar-refractivity contribution in [3.05, 3.63) is 96.2 Å². The van der Waals surface area contributed by atoms with E-state index in [4.69, 9.17) is 9.90 Å². The number of halogens is 3. The summed E-state index contributed by atoms with van der Waals surface area (Å²) in [6, 6.07) is 21.9. The Morgan fingerprint density at radius 2 is 1.56 bits per heavy atom. The van der Waals surface area contributed by atoms with Gasteiger partial charge < -0.3 is 20.1 Å². The summed E-state index contributed by atoms with van der Waals surface area (Å²) in [5, 5.41) is 22.2. The number of anilines is 1. The monoisotopic (exact) mass is 711 g/mol. The number of aliphatic carboxylic acids is 1. The standard InChI is InChI=1S/C30H35N3O6S2.C2HF3O2/c1-30(2,15-17-33-16-14-22-18-24(12-13-27(22)33)29(35)21-40(3,36)37)31-20-28(34)23-8-7-9-25(19-23)32-41(38,39)26-10-5-4-6-11-26;3-2(4,5)1(6)7/h4-14,16,18-19,28,31-32,34H,15,17,20-21H2,1-3H3;(H,6,7)/t28-;/m0./s1. The Hall–Kier alpha value is -4.25. The number of Topliss-reactive ketones (excluding diaryl/α,β-unsaturated/α-hetero) is 1. The number of carbonyl (C=O) groups is 2. The number of nitrogens with zero attached hydrogens (tertiary/aromatic N) is 1. The van der Waals surface area contributed by atoms with Crippen molar-refractivity contribution in [3.63, 3.8) is 0 Å². The molecule has 1 atom stereocenters. The third kappa shape index (κ3) is 11.5. The summed E-state index contributed by atoms with van der Waals surface area (Å²) < 4.78 is 84.7. The second-order valence-electron chi connectivity index (χ2n) is 11.7. The Bertz CT molecular complexity index is 1960. The van der Waals surface area contributed by atoms with E-state index in [2.05, 4.69) is 14.6 Å². The average molecular weight is 712 g/mol. The number of aliphatic hydroxyl groups is 1. The number of aromatic nitrogens is 1. The first kappa shape index (κ1) is 38.2. The van der Waals surface area contributed by atoms with Gasteiger partial charge in [-0.15, -0.1) is 0 Å². The van der Waals surface area contributed by atoms with Crippen LogP contribution in [0.5, 0.6) is 0 Å². The topological polar surface area (TPSA) is 172 Å². The fraction of sp³-hybridized carbons (Fsp3) is 0.312. The van der Waals surface area contributed by atoms with E-state index in [9.17, 15) is 39.9 Å². The van der Waals surface area contributed by atoms with Crippen molar-refractivity contribution < 1.29 is 49.8 Å². The number of ketones is 1. The van der Waals surface area contributed by atoms with Gasteiger partial charge in [0, 0.05) is 53.2 Å². The molecule has 0 bridgehead atoms. The number of rotatable bonds is 13. The molecule has 1 aromatic heterocycles. The fourth-order valence-electron chi connectivity index (χ4n) is 4.49. The van der Waals surface area contributed by atoms with E-state index in [1.165, 1.54) is 12.1 Å². The summed E-state index contributed by atoms with van der Waals surface area (Å²) in [5.74, 6) is -3.70. The minimum atomic E-state index is -5.08. The highest BCUT2D eigenvalue weighted by Crippen LogP contribution is 2.23. The molecule has 0 aliphatic carbocycles. The molecule has 1 heterocycles. The maximum Gasteiger partial charge on any atom is 0.490 e. The number of carbonyl (C=O) groups excluding carboxylic acids is 1. The van der Waals surface area contributed by atoms with E-state index in [-0.39, 0.29) is 17.0 Å². The highest BCUT2D eigenvalue weighted by Gasteiger charge is 2.38. The van der Waals surface area contributed by atoms with Crippen molar-refractivity contribution in [1.29, 1.82) is 0 Å². The van der Waals surface area contributed by atoms with Gasteiger partial charge in [-0.05, 0) is 74.4 Å². The van der Waals surface area contributed by atoms with Crippen LogP contribution >= 0.6 is 0 Å². The molecule has 0 spiro atoms. The van der Waals surface area contributed by atoms with E-state index in [0.717, 1.165) is 23.6 Å². The van der Waals surface area contributed by atoms with E-state index in [0.29, 0.717) is 23.4 Å². The Kier molecular flexibility index (Phi) is 12.2. The van der Waals surface area contributed by atoms with Gasteiger partial charge in [-0.2, -0.15) is 13.2 Å². The molecule has 4 N–H and O–H groups in total. The maximum absolute atomic E-state index is 12.7. The zero-order valence-electron chi connectivity index (χ0n) is 26.2. The second kappa shape index (κ2) is 15.3. The minimum Gasteiger partial charge on any atom is -0.475 e. The largest absolute Gasteiger partial charge is 0.490 e. The van der Waals surface area contributed by atoms with E-state index >= 15 is 0 Å². The number of benzene rings is 3. The predicted octanol–water partition coefficient (Wildman–Crippen LogP) is 4.79. The summed E-state index contributed by atoms with van der Waals surface area (Å²) in [6.45, 7) is 5.02. The van der Waals surface area contributed by atoms with Crippen LogP contribution in [0.4, 0.5) is 18.9 Å². The highest BCUT2D eigenvalue weighted by molar-refractivity contribution is 7.92. The van der Waals surface area contributed by atoms with Crippen molar-refractivity contribution >= 4 is 48.2 Å². The molecule has 4 aromatic rings. The Morgan fingerprint density at radius 1 is 0.917 bits per heavy atom. The SMILES string of the molecule is CC(C)(CCn1ccc2cc(C(=O)CS(C)(=O)=O)ccc21)NC[C@H](O)c1cccc(NS(=O)(=O)c2ccccc2)c1.O=C(O)C(F)(F)F. The van der Waals surface area contributed by atoms with Crippen LogP contribution < -0.4 is 10.0 Å². The van der Waals surface area contributed by atoms with Gasteiger partial charge >= 0.3 is 12.1 Å². The lowest BCUT2D eigenvalue weighted by Crippen LogP contribution is -2.42. The van der Waals surface area contributed by atoms with Crippen LogP contribution in [0.15, 0.2) is 90.0 Å². The number of fused-ring (bicyclic) bond motifs is 1. The zero-order valence-corrected chi connectivity index (χ0v) is 27.9. The maximum atomic E-state index is 12.7. The van der Waals surface area contributed by atoms with Crippen LogP contribution in [-0.4, -0.2) is 73.6 Å². The molecule has 0 aliphatic rings.